The lowest BCUT2D eigenvalue weighted by Gasteiger charge is -2.24. The normalized spacial score (nSPS) is 23.9. The monoisotopic (exact) mass is 318 g/mol. The van der Waals surface area contributed by atoms with Gasteiger partial charge in [-0.2, -0.15) is 0 Å². The van der Waals surface area contributed by atoms with Crippen molar-refractivity contribution in [2.45, 2.75) is 12.8 Å². The Morgan fingerprint density at radius 1 is 1.47 bits per heavy atom. The summed E-state index contributed by atoms with van der Waals surface area (Å²) in [6.45, 7) is 2.27. The number of benzene rings is 1. The molecular formula is C13H16BrClO2. The van der Waals surface area contributed by atoms with Crippen LogP contribution in [0.4, 0.5) is 0 Å². The molecule has 2 nitrogen and oxygen atoms in total. The van der Waals surface area contributed by atoms with Gasteiger partial charge in [-0.15, -0.1) is 11.6 Å². The molecule has 0 bridgehead atoms. The third-order valence-electron chi connectivity index (χ3n) is 3.17. The molecule has 4 heteroatoms. The van der Waals surface area contributed by atoms with Gasteiger partial charge in [0.15, 0.2) is 0 Å². The molecule has 0 radical (unpaired) electrons. The van der Waals surface area contributed by atoms with E-state index < -0.39 is 0 Å². The van der Waals surface area contributed by atoms with E-state index >= 15 is 0 Å². The van der Waals surface area contributed by atoms with Crippen molar-refractivity contribution in [2.75, 3.05) is 25.7 Å². The van der Waals surface area contributed by atoms with Gasteiger partial charge >= 0.3 is 0 Å². The SMILES string of the molecule is ClCC1(CCOc2cccc(Br)c2)CCOC1. The Balaban J connectivity index is 1.82. The number of hydrogen-bond acceptors (Lipinski definition) is 2. The molecule has 1 aliphatic heterocycles. The Morgan fingerprint density at radius 2 is 2.35 bits per heavy atom. The number of rotatable bonds is 5. The van der Waals surface area contributed by atoms with Gasteiger partial charge in [0.05, 0.1) is 13.2 Å². The minimum absolute atomic E-state index is 0.119. The maximum atomic E-state index is 6.03. The second-order valence-electron chi connectivity index (χ2n) is 4.49. The largest absolute Gasteiger partial charge is 0.494 e. The lowest BCUT2D eigenvalue weighted by Crippen LogP contribution is -2.25. The van der Waals surface area contributed by atoms with E-state index in [0.29, 0.717) is 12.5 Å². The first-order valence-electron chi connectivity index (χ1n) is 5.76. The van der Waals surface area contributed by atoms with Crippen molar-refractivity contribution >= 4 is 27.5 Å². The fourth-order valence-electron chi connectivity index (χ4n) is 1.96. The molecule has 1 aromatic carbocycles. The fraction of sp³-hybridized carbons (Fsp3) is 0.538. The summed E-state index contributed by atoms with van der Waals surface area (Å²) < 4.78 is 12.2. The Morgan fingerprint density at radius 3 is 3.00 bits per heavy atom. The van der Waals surface area contributed by atoms with Crippen LogP contribution in [-0.2, 0) is 4.74 Å². The summed E-state index contributed by atoms with van der Waals surface area (Å²) in [5, 5.41) is 0. The van der Waals surface area contributed by atoms with Crippen LogP contribution in [0.2, 0.25) is 0 Å². The quantitative estimate of drug-likeness (QED) is 0.767. The van der Waals surface area contributed by atoms with Gasteiger partial charge in [0, 0.05) is 22.4 Å². The molecule has 0 spiro atoms. The van der Waals surface area contributed by atoms with Crippen LogP contribution in [0.25, 0.3) is 0 Å². The second kappa shape index (κ2) is 6.07. The van der Waals surface area contributed by atoms with Crippen molar-refractivity contribution in [1.82, 2.24) is 0 Å². The zero-order valence-corrected chi connectivity index (χ0v) is 12.0. The number of ether oxygens (including phenoxy) is 2. The Kier molecular flexibility index (Phi) is 4.71. The van der Waals surface area contributed by atoms with Crippen molar-refractivity contribution in [3.63, 3.8) is 0 Å². The molecule has 0 amide bonds. The van der Waals surface area contributed by atoms with Gasteiger partial charge in [-0.05, 0) is 31.0 Å². The summed E-state index contributed by atoms with van der Waals surface area (Å²) in [5.74, 6) is 1.54. The maximum absolute atomic E-state index is 6.03. The molecular weight excluding hydrogens is 303 g/mol. The molecule has 1 unspecified atom stereocenters. The minimum atomic E-state index is 0.119. The Hall–Kier alpha value is -0.250. The summed E-state index contributed by atoms with van der Waals surface area (Å²) in [7, 11) is 0. The molecule has 1 heterocycles. The maximum Gasteiger partial charge on any atom is 0.120 e. The van der Waals surface area contributed by atoms with Crippen molar-refractivity contribution < 1.29 is 9.47 Å². The first-order valence-corrected chi connectivity index (χ1v) is 7.09. The number of halogens is 2. The smallest absolute Gasteiger partial charge is 0.120 e. The highest BCUT2D eigenvalue weighted by Crippen LogP contribution is 2.33. The molecule has 0 aliphatic carbocycles. The lowest BCUT2D eigenvalue weighted by atomic mass is 9.86. The molecule has 2 rings (SSSR count). The molecule has 94 valence electrons. The molecule has 0 saturated carbocycles. The van der Waals surface area contributed by atoms with Crippen molar-refractivity contribution in [2.24, 2.45) is 5.41 Å². The summed E-state index contributed by atoms with van der Waals surface area (Å²) in [6.07, 6.45) is 1.99. The number of hydrogen-bond donors (Lipinski definition) is 0. The molecule has 17 heavy (non-hydrogen) atoms. The van der Waals surface area contributed by atoms with E-state index in [4.69, 9.17) is 21.1 Å². The molecule has 0 N–H and O–H groups in total. The highest BCUT2D eigenvalue weighted by Gasteiger charge is 2.33. The minimum Gasteiger partial charge on any atom is -0.494 e. The highest BCUT2D eigenvalue weighted by atomic mass is 79.9. The topological polar surface area (TPSA) is 18.5 Å². The zero-order valence-electron chi connectivity index (χ0n) is 9.62. The first kappa shape index (κ1) is 13.2. The predicted molar refractivity (Wildman–Crippen MR) is 72.8 cm³/mol. The molecule has 1 atom stereocenters. The summed E-state index contributed by atoms with van der Waals surface area (Å²) in [6, 6.07) is 7.88. The van der Waals surface area contributed by atoms with E-state index in [0.717, 1.165) is 36.3 Å². The highest BCUT2D eigenvalue weighted by molar-refractivity contribution is 9.10. The van der Waals surface area contributed by atoms with Crippen molar-refractivity contribution in [3.8, 4) is 5.75 Å². The van der Waals surface area contributed by atoms with Crippen LogP contribution in [0.5, 0.6) is 5.75 Å². The molecule has 1 aromatic rings. The summed E-state index contributed by atoms with van der Waals surface area (Å²) in [4.78, 5) is 0. The number of alkyl halides is 1. The second-order valence-corrected chi connectivity index (χ2v) is 5.67. The average Bonchev–Trinajstić information content (AvgIpc) is 2.79. The predicted octanol–water partition coefficient (Wildman–Crippen LogP) is 3.86. The van der Waals surface area contributed by atoms with Gasteiger partial charge in [-0.1, -0.05) is 22.0 Å². The van der Waals surface area contributed by atoms with Crippen LogP contribution in [0.1, 0.15) is 12.8 Å². The van der Waals surface area contributed by atoms with E-state index in [1.807, 2.05) is 24.3 Å². The van der Waals surface area contributed by atoms with E-state index in [1.54, 1.807) is 0 Å². The van der Waals surface area contributed by atoms with Crippen LogP contribution in [0.3, 0.4) is 0 Å². The van der Waals surface area contributed by atoms with Gasteiger partial charge in [0.1, 0.15) is 5.75 Å². The first-order chi connectivity index (χ1) is 8.24. The summed E-state index contributed by atoms with van der Waals surface area (Å²) >= 11 is 9.45. The lowest BCUT2D eigenvalue weighted by molar-refractivity contribution is 0.143. The summed E-state index contributed by atoms with van der Waals surface area (Å²) in [5.41, 5.74) is 0.119. The van der Waals surface area contributed by atoms with Crippen LogP contribution in [0, 0.1) is 5.41 Å². The average molecular weight is 320 g/mol. The van der Waals surface area contributed by atoms with Gasteiger partial charge in [0.2, 0.25) is 0 Å². The third kappa shape index (κ3) is 3.60. The fourth-order valence-corrected chi connectivity index (χ4v) is 2.68. The molecule has 1 saturated heterocycles. The van der Waals surface area contributed by atoms with Crippen LogP contribution in [0.15, 0.2) is 28.7 Å². The molecule has 1 aliphatic rings. The van der Waals surface area contributed by atoms with E-state index in [1.165, 1.54) is 0 Å². The third-order valence-corrected chi connectivity index (χ3v) is 4.23. The van der Waals surface area contributed by atoms with E-state index in [-0.39, 0.29) is 5.41 Å². The van der Waals surface area contributed by atoms with Crippen molar-refractivity contribution in [1.29, 1.82) is 0 Å². The molecule has 1 fully saturated rings. The van der Waals surface area contributed by atoms with E-state index in [9.17, 15) is 0 Å². The van der Waals surface area contributed by atoms with Crippen LogP contribution in [-0.4, -0.2) is 25.7 Å². The van der Waals surface area contributed by atoms with E-state index in [2.05, 4.69) is 15.9 Å². The van der Waals surface area contributed by atoms with Crippen LogP contribution < -0.4 is 4.74 Å². The Labute approximate surface area is 115 Å². The van der Waals surface area contributed by atoms with Gasteiger partial charge in [-0.3, -0.25) is 0 Å². The van der Waals surface area contributed by atoms with Gasteiger partial charge in [-0.25, -0.2) is 0 Å². The Bertz CT molecular complexity index is 364. The standard InChI is InChI=1S/C13H16BrClO2/c14-11-2-1-3-12(8-11)17-7-5-13(9-15)4-6-16-10-13/h1-3,8H,4-7,9-10H2. The van der Waals surface area contributed by atoms with Gasteiger partial charge < -0.3 is 9.47 Å². The zero-order chi connectivity index (χ0) is 12.1. The van der Waals surface area contributed by atoms with Gasteiger partial charge in [0.25, 0.3) is 0 Å². The van der Waals surface area contributed by atoms with Crippen molar-refractivity contribution in [3.05, 3.63) is 28.7 Å². The molecule has 0 aromatic heterocycles. The van der Waals surface area contributed by atoms with Crippen LogP contribution >= 0.6 is 27.5 Å².